The second-order valence-electron chi connectivity index (χ2n) is 5.63. The normalized spacial score (nSPS) is 12.7. The summed E-state index contributed by atoms with van der Waals surface area (Å²) in [5.74, 6) is 0.621. The first-order chi connectivity index (χ1) is 11.6. The van der Waals surface area contributed by atoms with Crippen LogP contribution in [0.4, 0.5) is 4.39 Å². The highest BCUT2D eigenvalue weighted by Crippen LogP contribution is 2.22. The molecule has 2 heterocycles. The number of hydrogen-bond acceptors (Lipinski definition) is 6. The van der Waals surface area contributed by atoms with Crippen molar-refractivity contribution < 1.29 is 8.81 Å². The lowest BCUT2D eigenvalue weighted by Gasteiger charge is -2.23. The molecule has 1 atom stereocenters. The van der Waals surface area contributed by atoms with E-state index in [9.17, 15) is 4.39 Å². The van der Waals surface area contributed by atoms with Crippen LogP contribution in [0.2, 0.25) is 0 Å². The van der Waals surface area contributed by atoms with E-state index in [0.29, 0.717) is 29.9 Å². The molecule has 2 aromatic heterocycles. The second-order valence-corrected chi connectivity index (χ2v) is 6.61. The highest BCUT2D eigenvalue weighted by atomic mass is 32.1. The molecule has 1 unspecified atom stereocenters. The number of likely N-dealkylation sites (N-methyl/N-ethyl adjacent to an activating group) is 1. The molecule has 0 radical (unpaired) electrons. The molecule has 3 rings (SSSR count). The van der Waals surface area contributed by atoms with Crippen molar-refractivity contribution in [2.24, 2.45) is 0 Å². The minimum absolute atomic E-state index is 0.288. The average molecular weight is 346 g/mol. The van der Waals surface area contributed by atoms with Gasteiger partial charge in [-0.15, -0.1) is 21.5 Å². The van der Waals surface area contributed by atoms with E-state index in [4.69, 9.17) is 4.42 Å². The summed E-state index contributed by atoms with van der Waals surface area (Å²) in [5, 5.41) is 13.5. The Morgan fingerprint density at radius 3 is 2.67 bits per heavy atom. The Labute approximate surface area is 144 Å². The number of halogens is 1. The van der Waals surface area contributed by atoms with Crippen molar-refractivity contribution in [1.29, 1.82) is 0 Å². The first-order valence-electron chi connectivity index (χ1n) is 7.62. The van der Waals surface area contributed by atoms with Gasteiger partial charge < -0.3 is 14.6 Å². The van der Waals surface area contributed by atoms with Crippen LogP contribution in [-0.2, 0) is 6.54 Å². The topological polar surface area (TPSA) is 54.2 Å². The number of nitrogens with zero attached hydrogens (tertiary/aromatic N) is 3. The number of benzene rings is 1. The molecule has 7 heteroatoms. The molecule has 126 valence electrons. The molecular weight excluding hydrogens is 327 g/mol. The van der Waals surface area contributed by atoms with Gasteiger partial charge in [0.2, 0.25) is 11.8 Å². The fourth-order valence-electron chi connectivity index (χ4n) is 2.37. The largest absolute Gasteiger partial charge is 0.419 e. The summed E-state index contributed by atoms with van der Waals surface area (Å²) in [6.45, 7) is 1.27. The maximum Gasteiger partial charge on any atom is 0.247 e. The lowest BCUT2D eigenvalue weighted by atomic mass is 10.2. The van der Waals surface area contributed by atoms with E-state index < -0.39 is 0 Å². The molecule has 0 bridgehead atoms. The quantitative estimate of drug-likeness (QED) is 0.711. The van der Waals surface area contributed by atoms with E-state index in [1.54, 1.807) is 23.5 Å². The van der Waals surface area contributed by atoms with Crippen molar-refractivity contribution in [1.82, 2.24) is 20.4 Å². The SMILES string of the molecule is CN(C)C(CNCc1nnc(-c2ccc(F)cc2)o1)c1cccs1. The van der Waals surface area contributed by atoms with Gasteiger partial charge in [-0.3, -0.25) is 0 Å². The van der Waals surface area contributed by atoms with Crippen LogP contribution >= 0.6 is 11.3 Å². The van der Waals surface area contributed by atoms with Gasteiger partial charge in [-0.1, -0.05) is 6.07 Å². The summed E-state index contributed by atoms with van der Waals surface area (Å²) in [6.07, 6.45) is 0. The number of rotatable bonds is 7. The molecule has 0 amide bonds. The van der Waals surface area contributed by atoms with Crippen molar-refractivity contribution in [2.45, 2.75) is 12.6 Å². The average Bonchev–Trinajstić information content (AvgIpc) is 3.24. The molecule has 3 aromatic rings. The summed E-state index contributed by atoms with van der Waals surface area (Å²) in [6, 6.07) is 10.5. The zero-order chi connectivity index (χ0) is 16.9. The van der Waals surface area contributed by atoms with Gasteiger partial charge >= 0.3 is 0 Å². The number of aromatic nitrogens is 2. The Morgan fingerprint density at radius 2 is 2.00 bits per heavy atom. The maximum atomic E-state index is 13.0. The fourth-order valence-corrected chi connectivity index (χ4v) is 3.29. The van der Waals surface area contributed by atoms with Crippen LogP contribution in [0, 0.1) is 5.82 Å². The standard InChI is InChI=1S/C17H19FN4OS/c1-22(2)14(15-4-3-9-24-15)10-19-11-16-20-21-17(23-16)12-5-7-13(18)8-6-12/h3-9,14,19H,10-11H2,1-2H3. The van der Waals surface area contributed by atoms with Gasteiger partial charge in [0.1, 0.15) is 5.82 Å². The van der Waals surface area contributed by atoms with Crippen LogP contribution in [0.25, 0.3) is 11.5 Å². The Bertz CT molecular complexity index is 755. The smallest absolute Gasteiger partial charge is 0.247 e. The van der Waals surface area contributed by atoms with Gasteiger partial charge in [-0.25, -0.2) is 4.39 Å². The highest BCUT2D eigenvalue weighted by molar-refractivity contribution is 7.10. The van der Waals surface area contributed by atoms with Gasteiger partial charge in [0.25, 0.3) is 0 Å². The molecule has 0 spiro atoms. The monoisotopic (exact) mass is 346 g/mol. The maximum absolute atomic E-state index is 13.0. The lowest BCUT2D eigenvalue weighted by Crippen LogP contribution is -2.30. The summed E-state index contributed by atoms with van der Waals surface area (Å²) >= 11 is 1.74. The van der Waals surface area contributed by atoms with Crippen LogP contribution in [0.15, 0.2) is 46.2 Å². The van der Waals surface area contributed by atoms with E-state index in [0.717, 1.165) is 6.54 Å². The van der Waals surface area contributed by atoms with Crippen molar-refractivity contribution in [3.05, 3.63) is 58.4 Å². The third-order valence-corrected chi connectivity index (χ3v) is 4.64. The van der Waals surface area contributed by atoms with Gasteiger partial charge in [0.15, 0.2) is 0 Å². The van der Waals surface area contributed by atoms with Gasteiger partial charge in [0, 0.05) is 17.0 Å². The first kappa shape index (κ1) is 16.8. The number of nitrogens with one attached hydrogen (secondary N) is 1. The third kappa shape index (κ3) is 4.05. The third-order valence-electron chi connectivity index (χ3n) is 3.67. The Hall–Kier alpha value is -2.09. The molecule has 1 aromatic carbocycles. The number of hydrogen-bond donors (Lipinski definition) is 1. The minimum Gasteiger partial charge on any atom is -0.419 e. The number of thiophene rings is 1. The highest BCUT2D eigenvalue weighted by Gasteiger charge is 2.15. The summed E-state index contributed by atoms with van der Waals surface area (Å²) < 4.78 is 18.6. The van der Waals surface area contributed by atoms with Crippen LogP contribution in [0.1, 0.15) is 16.8 Å². The second kappa shape index (κ2) is 7.65. The molecule has 5 nitrogen and oxygen atoms in total. The zero-order valence-electron chi connectivity index (χ0n) is 13.6. The van der Waals surface area contributed by atoms with E-state index >= 15 is 0 Å². The van der Waals surface area contributed by atoms with E-state index in [2.05, 4.69) is 52.0 Å². The van der Waals surface area contributed by atoms with Crippen molar-refractivity contribution in [3.8, 4) is 11.5 Å². The predicted molar refractivity (Wildman–Crippen MR) is 92.1 cm³/mol. The molecule has 0 aliphatic rings. The van der Waals surface area contributed by atoms with Crippen LogP contribution in [0.5, 0.6) is 0 Å². The zero-order valence-corrected chi connectivity index (χ0v) is 14.4. The van der Waals surface area contributed by atoms with Crippen LogP contribution < -0.4 is 5.32 Å². The molecule has 0 fully saturated rings. The summed E-state index contributed by atoms with van der Waals surface area (Å²) in [5.41, 5.74) is 0.708. The Morgan fingerprint density at radius 1 is 1.21 bits per heavy atom. The van der Waals surface area contributed by atoms with Gasteiger partial charge in [-0.05, 0) is 49.8 Å². The lowest BCUT2D eigenvalue weighted by molar-refractivity contribution is 0.289. The Balaban J connectivity index is 1.58. The summed E-state index contributed by atoms with van der Waals surface area (Å²) in [4.78, 5) is 3.49. The van der Waals surface area contributed by atoms with Crippen LogP contribution in [0.3, 0.4) is 0 Å². The minimum atomic E-state index is -0.288. The van der Waals surface area contributed by atoms with Crippen molar-refractivity contribution in [2.75, 3.05) is 20.6 Å². The molecule has 1 N–H and O–H groups in total. The van der Waals surface area contributed by atoms with E-state index in [1.807, 2.05) is 0 Å². The first-order valence-corrected chi connectivity index (χ1v) is 8.50. The van der Waals surface area contributed by atoms with Crippen molar-refractivity contribution >= 4 is 11.3 Å². The summed E-state index contributed by atoms with van der Waals surface area (Å²) in [7, 11) is 4.12. The van der Waals surface area contributed by atoms with Crippen molar-refractivity contribution in [3.63, 3.8) is 0 Å². The predicted octanol–water partition coefficient (Wildman–Crippen LogP) is 3.33. The molecule has 0 saturated carbocycles. The molecule has 0 aliphatic carbocycles. The van der Waals surface area contributed by atoms with Gasteiger partial charge in [-0.2, -0.15) is 0 Å². The molecule has 24 heavy (non-hydrogen) atoms. The molecular formula is C17H19FN4OS. The van der Waals surface area contributed by atoms with Gasteiger partial charge in [0.05, 0.1) is 12.6 Å². The van der Waals surface area contributed by atoms with E-state index in [-0.39, 0.29) is 5.82 Å². The van der Waals surface area contributed by atoms with E-state index in [1.165, 1.54) is 17.0 Å². The fraction of sp³-hybridized carbons (Fsp3) is 0.294. The molecule has 0 saturated heterocycles. The van der Waals surface area contributed by atoms with Crippen LogP contribution in [-0.4, -0.2) is 35.7 Å². The molecule has 0 aliphatic heterocycles. The Kier molecular flexibility index (Phi) is 5.34.